The van der Waals surface area contributed by atoms with Crippen molar-refractivity contribution in [3.8, 4) is 0 Å². The summed E-state index contributed by atoms with van der Waals surface area (Å²) in [6.07, 6.45) is 5.43. The van der Waals surface area contributed by atoms with Crippen LogP contribution in [-0.4, -0.2) is 22.3 Å². The van der Waals surface area contributed by atoms with E-state index in [-0.39, 0.29) is 5.91 Å². The standard InChI is InChI=1S/C17H16N2O2/c20-17(14-3-1-4-15-13(14)6-8-18-15)19-9-2-5-16-12(11-19)7-10-21-16/h1,3-4,6-8,10,18H,2,5,9,11H2. The highest BCUT2D eigenvalue weighted by Crippen LogP contribution is 2.24. The molecule has 4 rings (SSSR count). The molecule has 1 aliphatic heterocycles. The Hall–Kier alpha value is -2.49. The number of carbonyl (C=O) groups is 1. The molecule has 0 radical (unpaired) electrons. The van der Waals surface area contributed by atoms with Crippen molar-refractivity contribution in [1.82, 2.24) is 9.88 Å². The third-order valence-corrected chi connectivity index (χ3v) is 4.14. The first-order valence-corrected chi connectivity index (χ1v) is 7.23. The van der Waals surface area contributed by atoms with Gasteiger partial charge < -0.3 is 14.3 Å². The number of hydrogen-bond donors (Lipinski definition) is 1. The predicted molar refractivity (Wildman–Crippen MR) is 80.1 cm³/mol. The molecule has 2 aromatic heterocycles. The maximum absolute atomic E-state index is 12.9. The van der Waals surface area contributed by atoms with Crippen LogP contribution in [-0.2, 0) is 13.0 Å². The van der Waals surface area contributed by atoms with Gasteiger partial charge in [-0.3, -0.25) is 4.79 Å². The minimum atomic E-state index is 0.0919. The first kappa shape index (κ1) is 12.3. The fourth-order valence-corrected chi connectivity index (χ4v) is 3.06. The Labute approximate surface area is 122 Å². The number of hydrogen-bond acceptors (Lipinski definition) is 2. The van der Waals surface area contributed by atoms with Crippen molar-refractivity contribution in [1.29, 1.82) is 0 Å². The Morgan fingerprint density at radius 2 is 2.19 bits per heavy atom. The van der Waals surface area contributed by atoms with Crippen LogP contribution in [0.1, 0.15) is 28.1 Å². The van der Waals surface area contributed by atoms with Gasteiger partial charge in [-0.2, -0.15) is 0 Å². The Morgan fingerprint density at radius 3 is 3.14 bits per heavy atom. The number of furan rings is 1. The average molecular weight is 280 g/mol. The van der Waals surface area contributed by atoms with E-state index in [4.69, 9.17) is 4.42 Å². The minimum Gasteiger partial charge on any atom is -0.469 e. The first-order valence-electron chi connectivity index (χ1n) is 7.23. The van der Waals surface area contributed by atoms with Gasteiger partial charge in [0.05, 0.1) is 6.26 Å². The summed E-state index contributed by atoms with van der Waals surface area (Å²) in [6, 6.07) is 9.75. The number of aryl methyl sites for hydroxylation is 1. The molecular weight excluding hydrogens is 264 g/mol. The van der Waals surface area contributed by atoms with E-state index < -0.39 is 0 Å². The number of aromatic amines is 1. The lowest BCUT2D eigenvalue weighted by molar-refractivity contribution is 0.0748. The topological polar surface area (TPSA) is 49.2 Å². The van der Waals surface area contributed by atoms with Gasteiger partial charge >= 0.3 is 0 Å². The highest BCUT2D eigenvalue weighted by molar-refractivity contribution is 6.06. The highest BCUT2D eigenvalue weighted by Gasteiger charge is 2.22. The summed E-state index contributed by atoms with van der Waals surface area (Å²) < 4.78 is 5.48. The number of carbonyl (C=O) groups excluding carboxylic acids is 1. The van der Waals surface area contributed by atoms with Crippen LogP contribution in [0, 0.1) is 0 Å². The maximum atomic E-state index is 12.9. The number of rotatable bonds is 1. The van der Waals surface area contributed by atoms with E-state index in [1.165, 1.54) is 0 Å². The van der Waals surface area contributed by atoms with E-state index in [1.807, 2.05) is 41.4 Å². The van der Waals surface area contributed by atoms with Crippen molar-refractivity contribution in [2.45, 2.75) is 19.4 Å². The second-order valence-electron chi connectivity index (χ2n) is 5.44. The van der Waals surface area contributed by atoms with Gasteiger partial charge in [-0.05, 0) is 30.7 Å². The fourth-order valence-electron chi connectivity index (χ4n) is 3.06. The lowest BCUT2D eigenvalue weighted by Gasteiger charge is -2.20. The van der Waals surface area contributed by atoms with Crippen LogP contribution < -0.4 is 0 Å². The van der Waals surface area contributed by atoms with E-state index in [0.29, 0.717) is 6.54 Å². The molecular formula is C17H16N2O2. The van der Waals surface area contributed by atoms with Crippen molar-refractivity contribution < 1.29 is 9.21 Å². The van der Waals surface area contributed by atoms with Gasteiger partial charge in [-0.25, -0.2) is 0 Å². The molecule has 1 aromatic carbocycles. The van der Waals surface area contributed by atoms with Crippen LogP contribution in [0.2, 0.25) is 0 Å². The lowest BCUT2D eigenvalue weighted by Crippen LogP contribution is -2.30. The largest absolute Gasteiger partial charge is 0.469 e. The molecule has 0 aliphatic carbocycles. The number of nitrogens with one attached hydrogen (secondary N) is 1. The Balaban J connectivity index is 1.70. The zero-order chi connectivity index (χ0) is 14.2. The molecule has 1 amide bonds. The number of nitrogens with zero attached hydrogens (tertiary/aromatic N) is 1. The molecule has 3 aromatic rings. The smallest absolute Gasteiger partial charge is 0.254 e. The van der Waals surface area contributed by atoms with E-state index in [9.17, 15) is 4.79 Å². The van der Waals surface area contributed by atoms with Crippen molar-refractivity contribution in [3.05, 3.63) is 59.7 Å². The highest BCUT2D eigenvalue weighted by atomic mass is 16.3. The molecule has 1 N–H and O–H groups in total. The summed E-state index contributed by atoms with van der Waals surface area (Å²) in [5.74, 6) is 1.11. The van der Waals surface area contributed by atoms with Gasteiger partial charge in [0.2, 0.25) is 0 Å². The van der Waals surface area contributed by atoms with E-state index >= 15 is 0 Å². The second kappa shape index (κ2) is 4.81. The average Bonchev–Trinajstić information content (AvgIpc) is 3.11. The van der Waals surface area contributed by atoms with Crippen LogP contribution >= 0.6 is 0 Å². The molecule has 0 atom stereocenters. The zero-order valence-electron chi connectivity index (χ0n) is 11.6. The van der Waals surface area contributed by atoms with Crippen molar-refractivity contribution in [2.24, 2.45) is 0 Å². The number of amides is 1. The molecule has 3 heterocycles. The summed E-state index contributed by atoms with van der Waals surface area (Å²) in [7, 11) is 0. The number of fused-ring (bicyclic) bond motifs is 2. The van der Waals surface area contributed by atoms with Crippen molar-refractivity contribution in [3.63, 3.8) is 0 Å². The molecule has 4 heteroatoms. The number of H-pyrrole nitrogens is 1. The Kier molecular flexibility index (Phi) is 2.81. The van der Waals surface area contributed by atoms with Gasteiger partial charge in [0.1, 0.15) is 5.76 Å². The van der Waals surface area contributed by atoms with Gasteiger partial charge in [-0.15, -0.1) is 0 Å². The van der Waals surface area contributed by atoms with Gasteiger partial charge in [0, 0.05) is 47.7 Å². The van der Waals surface area contributed by atoms with Gasteiger partial charge in [0.25, 0.3) is 5.91 Å². The molecule has 0 spiro atoms. The quantitative estimate of drug-likeness (QED) is 0.743. The number of aromatic nitrogens is 1. The summed E-state index contributed by atoms with van der Waals surface area (Å²) in [4.78, 5) is 18.0. The molecule has 0 bridgehead atoms. The lowest BCUT2D eigenvalue weighted by atomic mass is 10.1. The van der Waals surface area contributed by atoms with Crippen LogP contribution in [0.25, 0.3) is 10.9 Å². The SMILES string of the molecule is O=C(c1cccc2[nH]ccc12)N1CCCc2occc2C1. The molecule has 0 unspecified atom stereocenters. The van der Waals surface area contributed by atoms with E-state index in [0.717, 1.165) is 47.2 Å². The first-order chi connectivity index (χ1) is 10.3. The van der Waals surface area contributed by atoms with Crippen molar-refractivity contribution >= 4 is 16.8 Å². The molecule has 106 valence electrons. The number of benzene rings is 1. The van der Waals surface area contributed by atoms with Gasteiger partial charge in [-0.1, -0.05) is 6.07 Å². The second-order valence-corrected chi connectivity index (χ2v) is 5.44. The van der Waals surface area contributed by atoms with Gasteiger partial charge in [0.15, 0.2) is 0 Å². The maximum Gasteiger partial charge on any atom is 0.254 e. The summed E-state index contributed by atoms with van der Waals surface area (Å²) in [5.41, 5.74) is 2.89. The van der Waals surface area contributed by atoms with E-state index in [2.05, 4.69) is 4.98 Å². The van der Waals surface area contributed by atoms with E-state index in [1.54, 1.807) is 6.26 Å². The molecule has 0 saturated carbocycles. The van der Waals surface area contributed by atoms with Crippen LogP contribution in [0.15, 0.2) is 47.2 Å². The Bertz CT molecular complexity index is 800. The zero-order valence-corrected chi connectivity index (χ0v) is 11.6. The summed E-state index contributed by atoms with van der Waals surface area (Å²) in [5, 5.41) is 0.985. The fraction of sp³-hybridized carbons (Fsp3) is 0.235. The van der Waals surface area contributed by atoms with Crippen LogP contribution in [0.3, 0.4) is 0 Å². The Morgan fingerprint density at radius 1 is 1.24 bits per heavy atom. The molecule has 1 aliphatic rings. The summed E-state index contributed by atoms with van der Waals surface area (Å²) in [6.45, 7) is 1.40. The molecule has 0 fully saturated rings. The third-order valence-electron chi connectivity index (χ3n) is 4.14. The predicted octanol–water partition coefficient (Wildman–Crippen LogP) is 3.35. The molecule has 0 saturated heterocycles. The van der Waals surface area contributed by atoms with Crippen LogP contribution in [0.4, 0.5) is 0 Å². The third kappa shape index (κ3) is 2.03. The van der Waals surface area contributed by atoms with Crippen molar-refractivity contribution in [2.75, 3.05) is 6.54 Å². The minimum absolute atomic E-state index is 0.0919. The summed E-state index contributed by atoms with van der Waals surface area (Å²) >= 11 is 0. The monoisotopic (exact) mass is 280 g/mol. The normalized spacial score (nSPS) is 15.0. The molecule has 4 nitrogen and oxygen atoms in total. The molecule has 21 heavy (non-hydrogen) atoms. The van der Waals surface area contributed by atoms with Crippen LogP contribution in [0.5, 0.6) is 0 Å².